The molecule has 0 spiro atoms. The number of esters is 1. The van der Waals surface area contributed by atoms with Crippen LogP contribution in [0.5, 0.6) is 0 Å². The van der Waals surface area contributed by atoms with Crippen molar-refractivity contribution in [1.82, 2.24) is 10.2 Å². The first-order valence-electron chi connectivity index (χ1n) is 8.81. The Kier molecular flexibility index (Phi) is 5.86. The number of hydrogen-bond acceptors (Lipinski definition) is 7. The summed E-state index contributed by atoms with van der Waals surface area (Å²) in [5, 5.41) is 8.71. The Labute approximate surface area is 167 Å². The fraction of sp³-hybridized carbons (Fsp3) is 0.474. The first kappa shape index (κ1) is 19.8. The lowest BCUT2D eigenvalue weighted by Crippen LogP contribution is -2.42. The smallest absolute Gasteiger partial charge is 0.326 e. The quantitative estimate of drug-likeness (QED) is 0.724. The number of carbonyl (C=O) groups is 2. The van der Waals surface area contributed by atoms with E-state index in [1.165, 1.54) is 23.1 Å². The summed E-state index contributed by atoms with van der Waals surface area (Å²) < 4.78 is 6.21. The van der Waals surface area contributed by atoms with Gasteiger partial charge in [0, 0.05) is 5.69 Å². The summed E-state index contributed by atoms with van der Waals surface area (Å²) in [5.74, 6) is -0.508. The number of anilines is 1. The number of benzene rings is 1. The fourth-order valence-corrected chi connectivity index (χ4v) is 5.03. The Hall–Kier alpha value is -1.93. The predicted octanol–water partition coefficient (Wildman–Crippen LogP) is 3.63. The third-order valence-corrected chi connectivity index (χ3v) is 6.13. The van der Waals surface area contributed by atoms with E-state index in [9.17, 15) is 9.59 Å². The molecule has 0 aliphatic carbocycles. The van der Waals surface area contributed by atoms with E-state index in [0.717, 1.165) is 27.0 Å². The van der Waals surface area contributed by atoms with Crippen molar-refractivity contribution in [2.45, 2.75) is 55.7 Å². The molecule has 8 heteroatoms. The number of carbonyl (C=O) groups excluding carboxylic acids is 2. The summed E-state index contributed by atoms with van der Waals surface area (Å²) in [5.41, 5.74) is 1.25. The Morgan fingerprint density at radius 2 is 2.07 bits per heavy atom. The highest BCUT2D eigenvalue weighted by Crippen LogP contribution is 2.35. The maximum absolute atomic E-state index is 13.3. The molecule has 3 rings (SSSR count). The lowest BCUT2D eigenvalue weighted by atomic mass is 10.1. The SMILES string of the molecule is Cc1nnc(S[C@H]2CCc3ccccc3N(CC(=O)OC(C)(C)C)C2=O)s1. The van der Waals surface area contributed by atoms with Gasteiger partial charge >= 0.3 is 5.97 Å². The van der Waals surface area contributed by atoms with Gasteiger partial charge in [0.15, 0.2) is 4.34 Å². The number of aryl methyl sites for hydroxylation is 2. The van der Waals surface area contributed by atoms with Crippen molar-refractivity contribution >= 4 is 40.7 Å². The van der Waals surface area contributed by atoms with Gasteiger partial charge in [-0.1, -0.05) is 41.3 Å². The van der Waals surface area contributed by atoms with E-state index in [0.29, 0.717) is 6.42 Å². The summed E-state index contributed by atoms with van der Waals surface area (Å²) in [6.45, 7) is 7.25. The lowest BCUT2D eigenvalue weighted by Gasteiger charge is -2.27. The number of aromatic nitrogens is 2. The summed E-state index contributed by atoms with van der Waals surface area (Å²) in [7, 11) is 0. The molecule has 2 heterocycles. The average Bonchev–Trinajstić information content (AvgIpc) is 2.94. The van der Waals surface area contributed by atoms with Gasteiger partial charge in [0.1, 0.15) is 17.2 Å². The molecule has 27 heavy (non-hydrogen) atoms. The Bertz CT molecular complexity index is 845. The molecule has 0 N–H and O–H groups in total. The summed E-state index contributed by atoms with van der Waals surface area (Å²) in [6.07, 6.45) is 1.45. The van der Waals surface area contributed by atoms with E-state index in [1.807, 2.05) is 52.0 Å². The number of hydrogen-bond donors (Lipinski definition) is 0. The summed E-state index contributed by atoms with van der Waals surface area (Å²) >= 11 is 2.90. The monoisotopic (exact) mass is 405 g/mol. The minimum absolute atomic E-state index is 0.0938. The van der Waals surface area contributed by atoms with Crippen LogP contribution in [0.1, 0.15) is 37.8 Å². The highest BCUT2D eigenvalue weighted by atomic mass is 32.2. The average molecular weight is 406 g/mol. The Balaban J connectivity index is 1.86. The number of amides is 1. The maximum Gasteiger partial charge on any atom is 0.326 e. The van der Waals surface area contributed by atoms with Gasteiger partial charge in [0.05, 0.1) is 5.25 Å². The van der Waals surface area contributed by atoms with E-state index in [1.54, 1.807) is 4.90 Å². The van der Waals surface area contributed by atoms with Crippen LogP contribution >= 0.6 is 23.1 Å². The largest absolute Gasteiger partial charge is 0.459 e. The molecule has 1 aromatic carbocycles. The molecule has 2 aromatic rings. The van der Waals surface area contributed by atoms with Crippen LogP contribution in [0, 0.1) is 6.92 Å². The molecule has 144 valence electrons. The highest BCUT2D eigenvalue weighted by Gasteiger charge is 2.33. The minimum Gasteiger partial charge on any atom is -0.459 e. The summed E-state index contributed by atoms with van der Waals surface area (Å²) in [6, 6.07) is 7.74. The van der Waals surface area contributed by atoms with Crippen LogP contribution in [0.3, 0.4) is 0 Å². The first-order valence-corrected chi connectivity index (χ1v) is 10.5. The van der Waals surface area contributed by atoms with Crippen molar-refractivity contribution in [3.63, 3.8) is 0 Å². The van der Waals surface area contributed by atoms with Gasteiger partial charge in [0.2, 0.25) is 5.91 Å². The fourth-order valence-electron chi connectivity index (χ4n) is 2.91. The number of fused-ring (bicyclic) bond motifs is 1. The van der Waals surface area contributed by atoms with Crippen LogP contribution in [0.4, 0.5) is 5.69 Å². The lowest BCUT2D eigenvalue weighted by molar-refractivity contribution is -0.153. The van der Waals surface area contributed by atoms with Crippen LogP contribution in [0.15, 0.2) is 28.6 Å². The van der Waals surface area contributed by atoms with Crippen LogP contribution in [-0.2, 0) is 20.7 Å². The number of rotatable bonds is 4. The molecule has 0 unspecified atom stereocenters. The third kappa shape index (κ3) is 5.07. The Morgan fingerprint density at radius 3 is 2.74 bits per heavy atom. The second-order valence-corrected chi connectivity index (χ2v) is 10.0. The molecule has 0 radical (unpaired) electrons. The van der Waals surface area contributed by atoms with E-state index >= 15 is 0 Å². The van der Waals surface area contributed by atoms with Gasteiger partial charge in [-0.2, -0.15) is 0 Å². The highest BCUT2D eigenvalue weighted by molar-refractivity contribution is 8.02. The maximum atomic E-state index is 13.3. The van der Waals surface area contributed by atoms with Gasteiger partial charge in [-0.15, -0.1) is 10.2 Å². The topological polar surface area (TPSA) is 72.4 Å². The molecule has 0 saturated heterocycles. The van der Waals surface area contributed by atoms with Crippen molar-refractivity contribution in [1.29, 1.82) is 0 Å². The predicted molar refractivity (Wildman–Crippen MR) is 107 cm³/mol. The van der Waals surface area contributed by atoms with Crippen molar-refractivity contribution in [2.24, 2.45) is 0 Å². The molecular weight excluding hydrogens is 382 g/mol. The minimum atomic E-state index is -0.594. The van der Waals surface area contributed by atoms with Gasteiger partial charge in [-0.25, -0.2) is 0 Å². The summed E-state index contributed by atoms with van der Waals surface area (Å²) in [4.78, 5) is 27.3. The second-order valence-electron chi connectivity index (χ2n) is 7.37. The molecule has 0 bridgehead atoms. The van der Waals surface area contributed by atoms with Crippen LogP contribution < -0.4 is 4.90 Å². The normalized spacial score (nSPS) is 17.4. The van der Waals surface area contributed by atoms with E-state index in [2.05, 4.69) is 10.2 Å². The van der Waals surface area contributed by atoms with Gasteiger partial charge in [0.25, 0.3) is 0 Å². The van der Waals surface area contributed by atoms with Crippen LogP contribution in [0.25, 0.3) is 0 Å². The van der Waals surface area contributed by atoms with Crippen molar-refractivity contribution in [3.05, 3.63) is 34.8 Å². The molecule has 1 aromatic heterocycles. The van der Waals surface area contributed by atoms with E-state index < -0.39 is 11.6 Å². The first-order chi connectivity index (χ1) is 12.7. The molecule has 1 aliphatic rings. The van der Waals surface area contributed by atoms with E-state index in [4.69, 9.17) is 4.74 Å². The molecule has 1 aliphatic heterocycles. The van der Waals surface area contributed by atoms with E-state index in [-0.39, 0.29) is 17.7 Å². The number of thioether (sulfide) groups is 1. The molecule has 1 atom stereocenters. The molecule has 0 saturated carbocycles. The molecular formula is C19H23N3O3S2. The number of nitrogens with zero attached hydrogens (tertiary/aromatic N) is 3. The number of para-hydroxylation sites is 1. The standard InChI is InChI=1S/C19H23N3O3S2/c1-12-20-21-18(26-12)27-15-10-9-13-7-5-6-8-14(13)22(17(15)24)11-16(23)25-19(2,3)4/h5-8,15H,9-11H2,1-4H3/t15-/m0/s1. The Morgan fingerprint density at radius 1 is 1.33 bits per heavy atom. The number of ether oxygens (including phenoxy) is 1. The molecule has 6 nitrogen and oxygen atoms in total. The van der Waals surface area contributed by atoms with Crippen molar-refractivity contribution < 1.29 is 14.3 Å². The molecule has 1 amide bonds. The van der Waals surface area contributed by atoms with Crippen LogP contribution in [0.2, 0.25) is 0 Å². The molecule has 0 fully saturated rings. The zero-order valence-electron chi connectivity index (χ0n) is 15.9. The van der Waals surface area contributed by atoms with Gasteiger partial charge in [-0.05, 0) is 52.2 Å². The van der Waals surface area contributed by atoms with Crippen LogP contribution in [-0.4, -0.2) is 39.5 Å². The third-order valence-electron chi connectivity index (χ3n) is 3.96. The van der Waals surface area contributed by atoms with Gasteiger partial charge < -0.3 is 4.74 Å². The second kappa shape index (κ2) is 7.98. The van der Waals surface area contributed by atoms with Crippen molar-refractivity contribution in [2.75, 3.05) is 11.4 Å². The van der Waals surface area contributed by atoms with Gasteiger partial charge in [-0.3, -0.25) is 14.5 Å². The van der Waals surface area contributed by atoms with Crippen molar-refractivity contribution in [3.8, 4) is 0 Å². The zero-order valence-corrected chi connectivity index (χ0v) is 17.5. The zero-order chi connectivity index (χ0) is 19.6.